The molecule has 2 aromatic carbocycles. The van der Waals surface area contributed by atoms with Gasteiger partial charge in [0.2, 0.25) is 0 Å². The standard InChI is InChI=1S/C20H18N2O3/c1-13-11-18(14(2)25-13)20(24)22-17-10-6-9-16(12-17)21-19(23)15-7-4-3-5-8-15/h3-12H,1-2H3,(H,21,23)(H,22,24). The molecule has 3 rings (SSSR count). The van der Waals surface area contributed by atoms with Crippen LogP contribution in [0.4, 0.5) is 11.4 Å². The number of amides is 2. The third-order valence-electron chi connectivity index (χ3n) is 3.70. The van der Waals surface area contributed by atoms with Crippen LogP contribution in [0.5, 0.6) is 0 Å². The van der Waals surface area contributed by atoms with Crippen molar-refractivity contribution in [3.8, 4) is 0 Å². The molecule has 25 heavy (non-hydrogen) atoms. The third kappa shape index (κ3) is 3.95. The smallest absolute Gasteiger partial charge is 0.259 e. The zero-order chi connectivity index (χ0) is 17.8. The Hall–Kier alpha value is -3.34. The number of hydrogen-bond donors (Lipinski definition) is 2. The van der Waals surface area contributed by atoms with Gasteiger partial charge in [-0.15, -0.1) is 0 Å². The van der Waals surface area contributed by atoms with Crippen molar-refractivity contribution in [1.82, 2.24) is 0 Å². The van der Waals surface area contributed by atoms with Gasteiger partial charge in [-0.25, -0.2) is 0 Å². The van der Waals surface area contributed by atoms with Crippen molar-refractivity contribution in [3.05, 3.63) is 83.3 Å². The first-order valence-electron chi connectivity index (χ1n) is 7.88. The molecule has 1 aromatic heterocycles. The largest absolute Gasteiger partial charge is 0.466 e. The molecule has 2 N–H and O–H groups in total. The molecule has 5 nitrogen and oxygen atoms in total. The van der Waals surface area contributed by atoms with Crippen LogP contribution < -0.4 is 10.6 Å². The summed E-state index contributed by atoms with van der Waals surface area (Å²) in [7, 11) is 0. The van der Waals surface area contributed by atoms with Crippen molar-refractivity contribution in [2.24, 2.45) is 0 Å². The Morgan fingerprint density at radius 3 is 2.04 bits per heavy atom. The SMILES string of the molecule is Cc1cc(C(=O)Nc2cccc(NC(=O)c3ccccc3)c2)c(C)o1. The Bertz CT molecular complexity index is 914. The van der Waals surface area contributed by atoms with Gasteiger partial charge >= 0.3 is 0 Å². The maximum Gasteiger partial charge on any atom is 0.259 e. The third-order valence-corrected chi connectivity index (χ3v) is 3.70. The van der Waals surface area contributed by atoms with Gasteiger partial charge in [-0.3, -0.25) is 9.59 Å². The van der Waals surface area contributed by atoms with Crippen molar-refractivity contribution >= 4 is 23.2 Å². The zero-order valence-corrected chi connectivity index (χ0v) is 14.0. The molecule has 126 valence electrons. The molecule has 0 fully saturated rings. The highest BCUT2D eigenvalue weighted by molar-refractivity contribution is 6.06. The Kier molecular flexibility index (Phi) is 4.66. The molecular formula is C20H18N2O3. The minimum absolute atomic E-state index is 0.203. The Balaban J connectivity index is 1.72. The molecule has 0 radical (unpaired) electrons. The van der Waals surface area contributed by atoms with Gasteiger partial charge in [-0.1, -0.05) is 24.3 Å². The molecule has 5 heteroatoms. The van der Waals surface area contributed by atoms with Gasteiger partial charge in [0.05, 0.1) is 5.56 Å². The monoisotopic (exact) mass is 334 g/mol. The van der Waals surface area contributed by atoms with Gasteiger partial charge in [0.25, 0.3) is 11.8 Å². The molecule has 0 bridgehead atoms. The van der Waals surface area contributed by atoms with Gasteiger partial charge in [0, 0.05) is 16.9 Å². The highest BCUT2D eigenvalue weighted by Crippen LogP contribution is 2.19. The Morgan fingerprint density at radius 2 is 1.44 bits per heavy atom. The van der Waals surface area contributed by atoms with Crippen molar-refractivity contribution in [3.63, 3.8) is 0 Å². The van der Waals surface area contributed by atoms with E-state index < -0.39 is 0 Å². The highest BCUT2D eigenvalue weighted by atomic mass is 16.3. The van der Waals surface area contributed by atoms with Gasteiger partial charge in [0.1, 0.15) is 11.5 Å². The van der Waals surface area contributed by atoms with Crippen molar-refractivity contribution in [2.75, 3.05) is 10.6 Å². The molecule has 0 aliphatic heterocycles. The second kappa shape index (κ2) is 7.05. The lowest BCUT2D eigenvalue weighted by atomic mass is 10.2. The Morgan fingerprint density at radius 1 is 0.800 bits per heavy atom. The number of carbonyl (C=O) groups excluding carboxylic acids is 2. The maximum atomic E-state index is 12.3. The predicted molar refractivity (Wildman–Crippen MR) is 97.0 cm³/mol. The summed E-state index contributed by atoms with van der Waals surface area (Å²) in [5, 5.41) is 5.63. The fraction of sp³-hybridized carbons (Fsp3) is 0.100. The number of benzene rings is 2. The lowest BCUT2D eigenvalue weighted by Crippen LogP contribution is -2.14. The number of carbonyl (C=O) groups is 2. The van der Waals surface area contributed by atoms with E-state index in [0.717, 1.165) is 0 Å². The van der Waals surface area contributed by atoms with Crippen molar-refractivity contribution in [1.29, 1.82) is 0 Å². The summed E-state index contributed by atoms with van der Waals surface area (Å²) in [6.07, 6.45) is 0. The van der Waals surface area contributed by atoms with Crippen molar-refractivity contribution < 1.29 is 14.0 Å². The van der Waals surface area contributed by atoms with E-state index in [1.54, 1.807) is 68.4 Å². The Labute approximate surface area is 145 Å². The van der Waals surface area contributed by atoms with Gasteiger partial charge in [-0.2, -0.15) is 0 Å². The summed E-state index contributed by atoms with van der Waals surface area (Å²) in [5.74, 6) is 0.807. The molecule has 0 atom stereocenters. The molecule has 0 spiro atoms. The normalized spacial score (nSPS) is 10.3. The molecule has 3 aromatic rings. The molecule has 0 saturated carbocycles. The number of furan rings is 1. The lowest BCUT2D eigenvalue weighted by Gasteiger charge is -2.09. The second-order valence-corrected chi connectivity index (χ2v) is 5.68. The van der Waals surface area contributed by atoms with E-state index in [4.69, 9.17) is 4.42 Å². The quantitative estimate of drug-likeness (QED) is 0.743. The van der Waals surface area contributed by atoms with E-state index in [-0.39, 0.29) is 11.8 Å². The van der Waals surface area contributed by atoms with Crippen LogP contribution in [0.2, 0.25) is 0 Å². The number of nitrogens with one attached hydrogen (secondary N) is 2. The summed E-state index contributed by atoms with van der Waals surface area (Å²) in [6.45, 7) is 3.54. The van der Waals surface area contributed by atoms with Crippen molar-refractivity contribution in [2.45, 2.75) is 13.8 Å². The van der Waals surface area contributed by atoms with Crippen LogP contribution >= 0.6 is 0 Å². The molecule has 0 saturated heterocycles. The summed E-state index contributed by atoms with van der Waals surface area (Å²) < 4.78 is 5.38. The van der Waals surface area contributed by atoms with Crippen LogP contribution in [0.15, 0.2) is 65.1 Å². The van der Waals surface area contributed by atoms with E-state index in [9.17, 15) is 9.59 Å². The number of anilines is 2. The molecule has 0 unspecified atom stereocenters. The maximum absolute atomic E-state index is 12.3. The van der Waals surface area contributed by atoms with Crippen LogP contribution in [0.3, 0.4) is 0 Å². The molecule has 1 heterocycles. The first-order valence-corrected chi connectivity index (χ1v) is 7.88. The van der Waals surface area contributed by atoms with Crippen LogP contribution in [-0.4, -0.2) is 11.8 Å². The van der Waals surface area contributed by atoms with Gasteiger partial charge in [0.15, 0.2) is 0 Å². The average molecular weight is 334 g/mol. The molecule has 0 aliphatic carbocycles. The van der Waals surface area contributed by atoms with Gasteiger partial charge in [-0.05, 0) is 50.2 Å². The topological polar surface area (TPSA) is 71.3 Å². The summed E-state index contributed by atoms with van der Waals surface area (Å²) in [4.78, 5) is 24.6. The summed E-state index contributed by atoms with van der Waals surface area (Å²) in [6, 6.07) is 17.7. The summed E-state index contributed by atoms with van der Waals surface area (Å²) in [5.41, 5.74) is 2.26. The van der Waals surface area contributed by atoms with Crippen LogP contribution in [0, 0.1) is 13.8 Å². The van der Waals surface area contributed by atoms with Gasteiger partial charge < -0.3 is 15.1 Å². The first kappa shape index (κ1) is 16.5. The first-order chi connectivity index (χ1) is 12.0. The second-order valence-electron chi connectivity index (χ2n) is 5.68. The number of aryl methyl sites for hydroxylation is 2. The number of hydrogen-bond acceptors (Lipinski definition) is 3. The molecule has 0 aliphatic rings. The van der Waals surface area contributed by atoms with E-state index in [1.807, 2.05) is 6.07 Å². The molecular weight excluding hydrogens is 316 g/mol. The minimum atomic E-state index is -0.249. The van der Waals surface area contributed by atoms with E-state index in [0.29, 0.717) is 34.0 Å². The van der Waals surface area contributed by atoms with E-state index in [2.05, 4.69) is 10.6 Å². The lowest BCUT2D eigenvalue weighted by molar-refractivity contribution is 0.101. The van der Waals surface area contributed by atoms with Crippen LogP contribution in [-0.2, 0) is 0 Å². The van der Waals surface area contributed by atoms with Crippen LogP contribution in [0.1, 0.15) is 32.2 Å². The highest BCUT2D eigenvalue weighted by Gasteiger charge is 2.14. The molecule has 2 amide bonds. The summed E-state index contributed by atoms with van der Waals surface area (Å²) >= 11 is 0. The van der Waals surface area contributed by atoms with Crippen LogP contribution in [0.25, 0.3) is 0 Å². The van der Waals surface area contributed by atoms with E-state index >= 15 is 0 Å². The number of rotatable bonds is 4. The fourth-order valence-corrected chi connectivity index (χ4v) is 2.52. The fourth-order valence-electron chi connectivity index (χ4n) is 2.52. The minimum Gasteiger partial charge on any atom is -0.466 e. The zero-order valence-electron chi connectivity index (χ0n) is 14.0. The average Bonchev–Trinajstić information content (AvgIpc) is 2.94. The van der Waals surface area contributed by atoms with E-state index in [1.165, 1.54) is 0 Å². The predicted octanol–water partition coefficient (Wildman–Crippen LogP) is 4.40.